The zero-order chi connectivity index (χ0) is 14.8. The van der Waals surface area contributed by atoms with Crippen molar-refractivity contribution >= 4 is 10.0 Å². The van der Waals surface area contributed by atoms with Crippen LogP contribution in [0.2, 0.25) is 0 Å². The van der Waals surface area contributed by atoms with Gasteiger partial charge in [-0.15, -0.1) is 0 Å². The Morgan fingerprint density at radius 2 is 1.95 bits per heavy atom. The summed E-state index contributed by atoms with van der Waals surface area (Å²) < 4.78 is 27.9. The largest absolute Gasteiger partial charge is 0.396 e. The van der Waals surface area contributed by atoms with Gasteiger partial charge in [0.1, 0.15) is 0 Å². The van der Waals surface area contributed by atoms with Crippen LogP contribution in [0.3, 0.4) is 0 Å². The third-order valence-electron chi connectivity index (χ3n) is 4.08. The van der Waals surface area contributed by atoms with Gasteiger partial charge in [-0.25, -0.2) is 13.1 Å². The number of hydrogen-bond acceptors (Lipinski definition) is 3. The predicted octanol–water partition coefficient (Wildman–Crippen LogP) is 2.13. The molecule has 112 valence electrons. The molecule has 0 radical (unpaired) electrons. The Morgan fingerprint density at radius 3 is 2.65 bits per heavy atom. The molecule has 1 fully saturated rings. The Labute approximate surface area is 121 Å². The summed E-state index contributed by atoms with van der Waals surface area (Å²) >= 11 is 0. The number of aliphatic hydroxyl groups excluding tert-OH is 1. The highest BCUT2D eigenvalue weighted by molar-refractivity contribution is 7.89. The molecule has 1 aliphatic rings. The van der Waals surface area contributed by atoms with Gasteiger partial charge in [0.2, 0.25) is 10.0 Å². The van der Waals surface area contributed by atoms with Crippen molar-refractivity contribution in [2.24, 2.45) is 5.92 Å². The van der Waals surface area contributed by atoms with Gasteiger partial charge in [-0.2, -0.15) is 0 Å². The lowest BCUT2D eigenvalue weighted by Gasteiger charge is -2.30. The quantitative estimate of drug-likeness (QED) is 0.894. The van der Waals surface area contributed by atoms with E-state index in [2.05, 4.69) is 4.72 Å². The third-order valence-corrected chi connectivity index (χ3v) is 5.72. The van der Waals surface area contributed by atoms with Crippen LogP contribution in [0.5, 0.6) is 0 Å². The summed E-state index contributed by atoms with van der Waals surface area (Å²) in [5.74, 6) is 0.0311. The first-order chi connectivity index (χ1) is 9.44. The van der Waals surface area contributed by atoms with E-state index in [1.165, 1.54) is 0 Å². The second kappa shape index (κ2) is 6.24. The van der Waals surface area contributed by atoms with E-state index in [4.69, 9.17) is 0 Å². The molecule has 5 heteroatoms. The third kappa shape index (κ3) is 3.40. The standard InChI is InChI=1S/C15H23NO3S/c1-11-7-8-12(2)15(9-11)20(18,19)16-14-6-4-3-5-13(14)10-17/h7-9,13-14,16-17H,3-6,10H2,1-2H3. The number of nitrogens with one attached hydrogen (secondary N) is 1. The summed E-state index contributed by atoms with van der Waals surface area (Å²) in [6.45, 7) is 3.73. The first kappa shape index (κ1) is 15.5. The van der Waals surface area contributed by atoms with Crippen molar-refractivity contribution in [1.82, 2.24) is 4.72 Å². The number of hydrogen-bond donors (Lipinski definition) is 2. The van der Waals surface area contributed by atoms with Crippen molar-refractivity contribution in [2.45, 2.75) is 50.5 Å². The van der Waals surface area contributed by atoms with Gasteiger partial charge in [0.25, 0.3) is 0 Å². The molecule has 1 aliphatic carbocycles. The molecule has 1 saturated carbocycles. The Bertz CT molecular complexity index is 568. The van der Waals surface area contributed by atoms with Gasteiger partial charge in [-0.05, 0) is 49.8 Å². The SMILES string of the molecule is Cc1ccc(C)c(S(=O)(=O)NC2CCCCC2CO)c1. The molecule has 4 nitrogen and oxygen atoms in total. The van der Waals surface area contributed by atoms with E-state index in [0.29, 0.717) is 4.90 Å². The molecule has 0 heterocycles. The van der Waals surface area contributed by atoms with Crippen LogP contribution in [0.25, 0.3) is 0 Å². The van der Waals surface area contributed by atoms with E-state index in [0.717, 1.165) is 36.8 Å². The predicted molar refractivity (Wildman–Crippen MR) is 79.1 cm³/mol. The van der Waals surface area contributed by atoms with E-state index in [9.17, 15) is 13.5 Å². The van der Waals surface area contributed by atoms with Crippen molar-refractivity contribution in [1.29, 1.82) is 0 Å². The van der Waals surface area contributed by atoms with Crippen molar-refractivity contribution in [3.05, 3.63) is 29.3 Å². The van der Waals surface area contributed by atoms with Crippen LogP contribution in [-0.4, -0.2) is 26.2 Å². The second-order valence-electron chi connectivity index (χ2n) is 5.72. The Kier molecular flexibility index (Phi) is 4.83. The van der Waals surface area contributed by atoms with E-state index in [1.54, 1.807) is 13.0 Å². The van der Waals surface area contributed by atoms with E-state index < -0.39 is 10.0 Å². The van der Waals surface area contributed by atoms with Gasteiger partial charge < -0.3 is 5.11 Å². The molecule has 0 aromatic heterocycles. The van der Waals surface area contributed by atoms with Crippen LogP contribution >= 0.6 is 0 Å². The first-order valence-electron chi connectivity index (χ1n) is 7.14. The average molecular weight is 297 g/mol. The van der Waals surface area contributed by atoms with Crippen molar-refractivity contribution < 1.29 is 13.5 Å². The molecule has 2 rings (SSSR count). The van der Waals surface area contributed by atoms with Crippen LogP contribution in [0.1, 0.15) is 36.8 Å². The maximum Gasteiger partial charge on any atom is 0.241 e. The number of aryl methyl sites for hydroxylation is 2. The van der Waals surface area contributed by atoms with Crippen LogP contribution in [-0.2, 0) is 10.0 Å². The summed E-state index contributed by atoms with van der Waals surface area (Å²) in [7, 11) is -3.52. The number of benzene rings is 1. The molecule has 2 N–H and O–H groups in total. The second-order valence-corrected chi connectivity index (χ2v) is 7.41. The van der Waals surface area contributed by atoms with Crippen molar-refractivity contribution in [3.63, 3.8) is 0 Å². The van der Waals surface area contributed by atoms with Gasteiger partial charge in [0.15, 0.2) is 0 Å². The summed E-state index contributed by atoms with van der Waals surface area (Å²) in [5, 5.41) is 9.39. The van der Waals surface area contributed by atoms with Gasteiger partial charge in [-0.3, -0.25) is 0 Å². The highest BCUT2D eigenvalue weighted by atomic mass is 32.2. The minimum atomic E-state index is -3.52. The molecule has 2 atom stereocenters. The highest BCUT2D eigenvalue weighted by Crippen LogP contribution is 2.26. The summed E-state index contributed by atoms with van der Waals surface area (Å²) in [4.78, 5) is 0.347. The van der Waals surface area contributed by atoms with Gasteiger partial charge >= 0.3 is 0 Å². The Morgan fingerprint density at radius 1 is 1.25 bits per heavy atom. The minimum absolute atomic E-state index is 0.0311. The lowest BCUT2D eigenvalue weighted by atomic mass is 9.86. The topological polar surface area (TPSA) is 66.4 Å². The maximum absolute atomic E-state index is 12.5. The van der Waals surface area contributed by atoms with Crippen LogP contribution < -0.4 is 4.72 Å². The molecule has 0 bridgehead atoms. The number of aliphatic hydroxyl groups is 1. The number of rotatable bonds is 4. The summed E-state index contributed by atoms with van der Waals surface area (Å²) in [6.07, 6.45) is 3.76. The maximum atomic E-state index is 12.5. The molecular weight excluding hydrogens is 274 g/mol. The lowest BCUT2D eigenvalue weighted by molar-refractivity contribution is 0.164. The molecule has 1 aromatic carbocycles. The zero-order valence-corrected chi connectivity index (χ0v) is 12.9. The fourth-order valence-electron chi connectivity index (χ4n) is 2.84. The fraction of sp³-hybridized carbons (Fsp3) is 0.600. The van der Waals surface area contributed by atoms with E-state index in [-0.39, 0.29) is 18.6 Å². The molecule has 0 amide bonds. The minimum Gasteiger partial charge on any atom is -0.396 e. The van der Waals surface area contributed by atoms with Crippen LogP contribution in [0.15, 0.2) is 23.1 Å². The Balaban J connectivity index is 2.24. The fourth-order valence-corrected chi connectivity index (χ4v) is 4.51. The normalized spacial score (nSPS) is 23.8. The van der Waals surface area contributed by atoms with Crippen molar-refractivity contribution in [2.75, 3.05) is 6.61 Å². The molecule has 20 heavy (non-hydrogen) atoms. The van der Waals surface area contributed by atoms with Crippen LogP contribution in [0, 0.1) is 19.8 Å². The average Bonchev–Trinajstić information content (AvgIpc) is 2.41. The summed E-state index contributed by atoms with van der Waals surface area (Å²) in [5.41, 5.74) is 1.68. The van der Waals surface area contributed by atoms with E-state index >= 15 is 0 Å². The van der Waals surface area contributed by atoms with Gasteiger partial charge in [0, 0.05) is 12.6 Å². The summed E-state index contributed by atoms with van der Waals surface area (Å²) in [6, 6.07) is 5.28. The Hall–Kier alpha value is -0.910. The molecule has 0 saturated heterocycles. The monoisotopic (exact) mass is 297 g/mol. The number of sulfonamides is 1. The van der Waals surface area contributed by atoms with E-state index in [1.807, 2.05) is 19.1 Å². The molecule has 0 spiro atoms. The zero-order valence-electron chi connectivity index (χ0n) is 12.1. The smallest absolute Gasteiger partial charge is 0.241 e. The van der Waals surface area contributed by atoms with Crippen molar-refractivity contribution in [3.8, 4) is 0 Å². The molecule has 1 aromatic rings. The highest BCUT2D eigenvalue weighted by Gasteiger charge is 2.29. The van der Waals surface area contributed by atoms with Gasteiger partial charge in [-0.1, -0.05) is 25.0 Å². The first-order valence-corrected chi connectivity index (χ1v) is 8.63. The molecular formula is C15H23NO3S. The van der Waals surface area contributed by atoms with Gasteiger partial charge in [0.05, 0.1) is 4.90 Å². The molecule has 2 unspecified atom stereocenters. The lowest BCUT2D eigenvalue weighted by Crippen LogP contribution is -2.43. The van der Waals surface area contributed by atoms with Crippen LogP contribution in [0.4, 0.5) is 0 Å². The molecule has 0 aliphatic heterocycles.